The summed E-state index contributed by atoms with van der Waals surface area (Å²) in [6.45, 7) is 1.14. The summed E-state index contributed by atoms with van der Waals surface area (Å²) >= 11 is 0. The summed E-state index contributed by atoms with van der Waals surface area (Å²) in [4.78, 5) is 0. The van der Waals surface area contributed by atoms with Gasteiger partial charge in [0.05, 0.1) is 14.2 Å². The van der Waals surface area contributed by atoms with Crippen molar-refractivity contribution in [3.8, 4) is 11.5 Å². The minimum atomic E-state index is 0.598. The molecule has 0 amide bonds. The van der Waals surface area contributed by atoms with Crippen molar-refractivity contribution in [1.82, 2.24) is 5.32 Å². The van der Waals surface area contributed by atoms with Crippen LogP contribution >= 0.6 is 0 Å². The van der Waals surface area contributed by atoms with E-state index in [0.29, 0.717) is 6.04 Å². The molecule has 1 unspecified atom stereocenters. The first-order chi connectivity index (χ1) is 8.31. The fourth-order valence-corrected chi connectivity index (χ4v) is 2.37. The van der Waals surface area contributed by atoms with Gasteiger partial charge >= 0.3 is 0 Å². The van der Waals surface area contributed by atoms with Crippen LogP contribution in [0.3, 0.4) is 0 Å². The number of benzene rings is 1. The molecule has 3 nitrogen and oxygen atoms in total. The first-order valence-electron chi connectivity index (χ1n) is 6.27. The fourth-order valence-electron chi connectivity index (χ4n) is 2.37. The number of piperidine rings is 1. The third-order valence-corrected chi connectivity index (χ3v) is 3.31. The summed E-state index contributed by atoms with van der Waals surface area (Å²) < 4.78 is 10.6. The largest absolute Gasteiger partial charge is 0.497 e. The highest BCUT2D eigenvalue weighted by Crippen LogP contribution is 2.24. The number of methoxy groups -OCH3 is 2. The van der Waals surface area contributed by atoms with Gasteiger partial charge in [-0.05, 0) is 43.5 Å². The van der Waals surface area contributed by atoms with Gasteiger partial charge in [-0.1, -0.05) is 6.42 Å². The second-order valence-corrected chi connectivity index (χ2v) is 4.57. The lowest BCUT2D eigenvalue weighted by Gasteiger charge is -2.23. The third-order valence-electron chi connectivity index (χ3n) is 3.31. The van der Waals surface area contributed by atoms with Crippen molar-refractivity contribution in [2.45, 2.75) is 31.7 Å². The Kier molecular flexibility index (Phi) is 4.26. The molecule has 0 saturated carbocycles. The Balaban J connectivity index is 2.07. The summed E-state index contributed by atoms with van der Waals surface area (Å²) in [6, 6.07) is 6.70. The second-order valence-electron chi connectivity index (χ2n) is 4.57. The van der Waals surface area contributed by atoms with Gasteiger partial charge in [-0.25, -0.2) is 0 Å². The molecule has 0 bridgehead atoms. The molecule has 0 aliphatic carbocycles. The molecule has 1 aromatic rings. The van der Waals surface area contributed by atoms with Crippen LogP contribution in [0.2, 0.25) is 0 Å². The average Bonchev–Trinajstić information content (AvgIpc) is 2.39. The first kappa shape index (κ1) is 12.2. The lowest BCUT2D eigenvalue weighted by atomic mass is 9.97. The van der Waals surface area contributed by atoms with Gasteiger partial charge in [-0.15, -0.1) is 0 Å². The van der Waals surface area contributed by atoms with Crippen molar-refractivity contribution in [2.24, 2.45) is 0 Å². The highest BCUT2D eigenvalue weighted by atomic mass is 16.5. The molecule has 1 N–H and O–H groups in total. The molecule has 1 heterocycles. The Morgan fingerprint density at radius 1 is 1.12 bits per heavy atom. The number of ether oxygens (including phenoxy) is 2. The zero-order valence-electron chi connectivity index (χ0n) is 10.7. The van der Waals surface area contributed by atoms with Crippen molar-refractivity contribution in [2.75, 3.05) is 20.8 Å². The minimum absolute atomic E-state index is 0.598. The monoisotopic (exact) mass is 235 g/mol. The first-order valence-corrected chi connectivity index (χ1v) is 6.27. The van der Waals surface area contributed by atoms with Gasteiger partial charge in [0.1, 0.15) is 11.5 Å². The predicted octanol–water partition coefficient (Wildman–Crippen LogP) is 2.39. The Hall–Kier alpha value is -1.22. The van der Waals surface area contributed by atoms with Gasteiger partial charge in [0.2, 0.25) is 0 Å². The molecule has 17 heavy (non-hydrogen) atoms. The van der Waals surface area contributed by atoms with Crippen LogP contribution in [0.5, 0.6) is 11.5 Å². The number of hydrogen-bond acceptors (Lipinski definition) is 3. The maximum atomic E-state index is 5.29. The van der Waals surface area contributed by atoms with Gasteiger partial charge in [-0.3, -0.25) is 0 Å². The normalized spacial score (nSPS) is 20.0. The number of rotatable bonds is 4. The van der Waals surface area contributed by atoms with Crippen LogP contribution in [0.4, 0.5) is 0 Å². The zero-order chi connectivity index (χ0) is 12.1. The van der Waals surface area contributed by atoms with E-state index in [-0.39, 0.29) is 0 Å². The molecule has 1 aromatic carbocycles. The molecule has 0 spiro atoms. The van der Waals surface area contributed by atoms with Gasteiger partial charge in [0.15, 0.2) is 0 Å². The van der Waals surface area contributed by atoms with Gasteiger partial charge in [0.25, 0.3) is 0 Å². The van der Waals surface area contributed by atoms with Crippen molar-refractivity contribution >= 4 is 0 Å². The van der Waals surface area contributed by atoms with E-state index in [1.165, 1.54) is 24.8 Å². The Morgan fingerprint density at radius 2 is 1.82 bits per heavy atom. The SMILES string of the molecule is COc1cc(CC2CCCCN2)cc(OC)c1. The molecule has 0 radical (unpaired) electrons. The quantitative estimate of drug-likeness (QED) is 0.869. The lowest BCUT2D eigenvalue weighted by molar-refractivity contribution is 0.386. The molecule has 1 aliphatic heterocycles. The minimum Gasteiger partial charge on any atom is -0.497 e. The van der Waals surface area contributed by atoms with Crippen LogP contribution in [0.25, 0.3) is 0 Å². The highest BCUT2D eigenvalue weighted by Gasteiger charge is 2.13. The molecule has 1 atom stereocenters. The summed E-state index contributed by atoms with van der Waals surface area (Å²) in [5, 5.41) is 3.56. The molecule has 1 aliphatic rings. The van der Waals surface area contributed by atoms with Crippen molar-refractivity contribution in [3.63, 3.8) is 0 Å². The van der Waals surface area contributed by atoms with Crippen LogP contribution < -0.4 is 14.8 Å². The maximum absolute atomic E-state index is 5.29. The van der Waals surface area contributed by atoms with Crippen molar-refractivity contribution < 1.29 is 9.47 Å². The number of hydrogen-bond donors (Lipinski definition) is 1. The van der Waals surface area contributed by atoms with Crippen molar-refractivity contribution in [3.05, 3.63) is 23.8 Å². The van der Waals surface area contributed by atoms with Crippen LogP contribution in [0.1, 0.15) is 24.8 Å². The van der Waals surface area contributed by atoms with E-state index in [0.717, 1.165) is 24.5 Å². The molecule has 94 valence electrons. The molecule has 2 rings (SSSR count). The van der Waals surface area contributed by atoms with Gasteiger partial charge in [0, 0.05) is 12.1 Å². The zero-order valence-corrected chi connectivity index (χ0v) is 10.7. The van der Waals surface area contributed by atoms with Crippen molar-refractivity contribution in [1.29, 1.82) is 0 Å². The molecule has 0 aromatic heterocycles. The standard InChI is InChI=1S/C14H21NO2/c1-16-13-8-11(9-14(10-13)17-2)7-12-5-3-4-6-15-12/h8-10,12,15H,3-7H2,1-2H3. The van der Waals surface area contributed by atoms with E-state index in [1.54, 1.807) is 14.2 Å². The molecule has 3 heteroatoms. The summed E-state index contributed by atoms with van der Waals surface area (Å²) in [6.07, 6.45) is 4.95. The van der Waals surface area contributed by atoms with E-state index < -0.39 is 0 Å². The van der Waals surface area contributed by atoms with Gasteiger partial charge in [-0.2, -0.15) is 0 Å². The molecular weight excluding hydrogens is 214 g/mol. The predicted molar refractivity (Wildman–Crippen MR) is 68.9 cm³/mol. The lowest BCUT2D eigenvalue weighted by Crippen LogP contribution is -2.35. The smallest absolute Gasteiger partial charge is 0.122 e. The van der Waals surface area contributed by atoms with E-state index in [2.05, 4.69) is 17.4 Å². The Morgan fingerprint density at radius 3 is 2.35 bits per heavy atom. The summed E-state index contributed by atoms with van der Waals surface area (Å²) in [7, 11) is 3.38. The van der Waals surface area contributed by atoms with E-state index in [1.807, 2.05) is 6.07 Å². The van der Waals surface area contributed by atoms with E-state index >= 15 is 0 Å². The highest BCUT2D eigenvalue weighted by molar-refractivity contribution is 5.38. The summed E-state index contributed by atoms with van der Waals surface area (Å²) in [5.41, 5.74) is 1.28. The topological polar surface area (TPSA) is 30.5 Å². The summed E-state index contributed by atoms with van der Waals surface area (Å²) in [5.74, 6) is 1.74. The second kappa shape index (κ2) is 5.92. The molecule has 1 saturated heterocycles. The van der Waals surface area contributed by atoms with Crippen LogP contribution in [-0.2, 0) is 6.42 Å². The van der Waals surface area contributed by atoms with Crippen LogP contribution in [0, 0.1) is 0 Å². The molecule has 1 fully saturated rings. The van der Waals surface area contributed by atoms with Crippen LogP contribution in [0.15, 0.2) is 18.2 Å². The van der Waals surface area contributed by atoms with Gasteiger partial charge < -0.3 is 14.8 Å². The van der Waals surface area contributed by atoms with E-state index in [4.69, 9.17) is 9.47 Å². The maximum Gasteiger partial charge on any atom is 0.122 e. The third kappa shape index (κ3) is 3.37. The molecular formula is C14H21NO2. The van der Waals surface area contributed by atoms with Crippen LogP contribution in [-0.4, -0.2) is 26.8 Å². The Bertz CT molecular complexity index is 337. The fraction of sp³-hybridized carbons (Fsp3) is 0.571. The van der Waals surface area contributed by atoms with E-state index in [9.17, 15) is 0 Å². The Labute approximate surface area is 103 Å². The average molecular weight is 235 g/mol. The number of nitrogens with one attached hydrogen (secondary N) is 1.